The number of carbonyl (C=O) groups is 1. The number of benzene rings is 1. The summed E-state index contributed by atoms with van der Waals surface area (Å²) < 4.78 is 0. The lowest BCUT2D eigenvalue weighted by Gasteiger charge is -2.08. The van der Waals surface area contributed by atoms with Crippen molar-refractivity contribution in [3.05, 3.63) is 59.4 Å². The molecule has 0 unspecified atom stereocenters. The Labute approximate surface area is 119 Å². The van der Waals surface area contributed by atoms with Gasteiger partial charge >= 0.3 is 0 Å². The SMILES string of the molecule is CCNCc1ccc(NC(=O)c2cccnc2C)cc1. The number of anilines is 1. The third-order valence-electron chi connectivity index (χ3n) is 3.04. The fourth-order valence-electron chi connectivity index (χ4n) is 1.90. The fraction of sp³-hybridized carbons (Fsp3) is 0.250. The lowest BCUT2D eigenvalue weighted by atomic mass is 10.1. The molecule has 0 radical (unpaired) electrons. The number of nitrogens with zero attached hydrogens (tertiary/aromatic N) is 1. The van der Waals surface area contributed by atoms with Gasteiger partial charge in [0, 0.05) is 24.1 Å². The second-order valence-electron chi connectivity index (χ2n) is 4.57. The molecule has 104 valence electrons. The molecule has 2 aromatic rings. The van der Waals surface area contributed by atoms with Crippen LogP contribution in [0, 0.1) is 6.92 Å². The number of aryl methyl sites for hydroxylation is 1. The topological polar surface area (TPSA) is 54.0 Å². The highest BCUT2D eigenvalue weighted by Crippen LogP contribution is 2.12. The van der Waals surface area contributed by atoms with Crippen molar-refractivity contribution in [2.24, 2.45) is 0 Å². The van der Waals surface area contributed by atoms with Gasteiger partial charge in [-0.1, -0.05) is 19.1 Å². The summed E-state index contributed by atoms with van der Waals surface area (Å²) in [4.78, 5) is 16.2. The number of aromatic nitrogens is 1. The van der Waals surface area contributed by atoms with Crippen molar-refractivity contribution in [1.29, 1.82) is 0 Å². The van der Waals surface area contributed by atoms with E-state index >= 15 is 0 Å². The predicted molar refractivity (Wildman–Crippen MR) is 80.7 cm³/mol. The lowest BCUT2D eigenvalue weighted by Crippen LogP contribution is -2.14. The number of amides is 1. The number of nitrogens with one attached hydrogen (secondary N) is 2. The lowest BCUT2D eigenvalue weighted by molar-refractivity contribution is 0.102. The maximum absolute atomic E-state index is 12.1. The average Bonchev–Trinajstić information content (AvgIpc) is 2.47. The minimum absolute atomic E-state index is 0.130. The van der Waals surface area contributed by atoms with E-state index in [1.807, 2.05) is 31.2 Å². The fourth-order valence-corrected chi connectivity index (χ4v) is 1.90. The van der Waals surface area contributed by atoms with Crippen molar-refractivity contribution in [3.63, 3.8) is 0 Å². The molecular weight excluding hydrogens is 250 g/mol. The Bertz CT molecular complexity index is 579. The van der Waals surface area contributed by atoms with E-state index in [-0.39, 0.29) is 5.91 Å². The molecule has 4 heteroatoms. The molecule has 2 rings (SSSR count). The Kier molecular flexibility index (Phi) is 4.85. The number of hydrogen-bond acceptors (Lipinski definition) is 3. The smallest absolute Gasteiger partial charge is 0.257 e. The van der Waals surface area contributed by atoms with Gasteiger partial charge in [-0.15, -0.1) is 0 Å². The highest BCUT2D eigenvalue weighted by molar-refractivity contribution is 6.04. The summed E-state index contributed by atoms with van der Waals surface area (Å²) in [6.45, 7) is 5.68. The normalized spacial score (nSPS) is 10.3. The Morgan fingerprint density at radius 1 is 1.20 bits per heavy atom. The van der Waals surface area contributed by atoms with Crippen LogP contribution in [-0.4, -0.2) is 17.4 Å². The van der Waals surface area contributed by atoms with Gasteiger partial charge in [0.05, 0.1) is 5.56 Å². The van der Waals surface area contributed by atoms with Crippen LogP contribution < -0.4 is 10.6 Å². The molecule has 0 bridgehead atoms. The van der Waals surface area contributed by atoms with Crippen LogP contribution in [0.15, 0.2) is 42.6 Å². The molecule has 4 nitrogen and oxygen atoms in total. The van der Waals surface area contributed by atoms with Crippen LogP contribution in [0.25, 0.3) is 0 Å². The second-order valence-corrected chi connectivity index (χ2v) is 4.57. The van der Waals surface area contributed by atoms with E-state index in [2.05, 4.69) is 22.5 Å². The molecule has 0 saturated heterocycles. The first kappa shape index (κ1) is 14.2. The molecule has 0 aliphatic heterocycles. The summed E-state index contributed by atoms with van der Waals surface area (Å²) in [6, 6.07) is 11.4. The molecular formula is C16H19N3O. The van der Waals surface area contributed by atoms with E-state index < -0.39 is 0 Å². The summed E-state index contributed by atoms with van der Waals surface area (Å²) in [5.41, 5.74) is 3.32. The van der Waals surface area contributed by atoms with Gasteiger partial charge in [0.2, 0.25) is 0 Å². The van der Waals surface area contributed by atoms with Gasteiger partial charge in [0.15, 0.2) is 0 Å². The first-order valence-corrected chi connectivity index (χ1v) is 6.73. The van der Waals surface area contributed by atoms with Crippen LogP contribution in [0.2, 0.25) is 0 Å². The minimum Gasteiger partial charge on any atom is -0.322 e. The zero-order chi connectivity index (χ0) is 14.4. The minimum atomic E-state index is -0.130. The van der Waals surface area contributed by atoms with Crippen molar-refractivity contribution in [3.8, 4) is 0 Å². The predicted octanol–water partition coefficient (Wildman–Crippen LogP) is 2.75. The van der Waals surface area contributed by atoms with Crippen LogP contribution >= 0.6 is 0 Å². The zero-order valence-electron chi connectivity index (χ0n) is 11.8. The monoisotopic (exact) mass is 269 g/mol. The van der Waals surface area contributed by atoms with Crippen molar-refractivity contribution >= 4 is 11.6 Å². The molecule has 1 amide bonds. The second kappa shape index (κ2) is 6.82. The first-order valence-electron chi connectivity index (χ1n) is 6.73. The summed E-state index contributed by atoms with van der Waals surface area (Å²) in [7, 11) is 0. The van der Waals surface area contributed by atoms with E-state index in [0.717, 1.165) is 24.5 Å². The Morgan fingerprint density at radius 2 is 1.95 bits per heavy atom. The molecule has 0 spiro atoms. The molecule has 0 fully saturated rings. The Hall–Kier alpha value is -2.20. The van der Waals surface area contributed by atoms with Gasteiger partial charge in [-0.2, -0.15) is 0 Å². The van der Waals surface area contributed by atoms with Crippen LogP contribution in [0.1, 0.15) is 28.5 Å². The molecule has 2 N–H and O–H groups in total. The molecule has 0 atom stereocenters. The number of rotatable bonds is 5. The third-order valence-corrected chi connectivity index (χ3v) is 3.04. The Balaban J connectivity index is 2.03. The van der Waals surface area contributed by atoms with Crippen LogP contribution in [0.4, 0.5) is 5.69 Å². The van der Waals surface area contributed by atoms with Crippen molar-refractivity contribution in [2.45, 2.75) is 20.4 Å². The zero-order valence-corrected chi connectivity index (χ0v) is 11.8. The van der Waals surface area contributed by atoms with Crippen LogP contribution in [0.5, 0.6) is 0 Å². The molecule has 0 aliphatic rings. The quantitative estimate of drug-likeness (QED) is 0.877. The summed E-state index contributed by atoms with van der Waals surface area (Å²) in [5, 5.41) is 6.15. The summed E-state index contributed by atoms with van der Waals surface area (Å²) >= 11 is 0. The van der Waals surface area contributed by atoms with Gasteiger partial charge in [-0.3, -0.25) is 9.78 Å². The standard InChI is InChI=1S/C16H19N3O/c1-3-17-11-13-6-8-14(9-7-13)19-16(20)15-5-4-10-18-12(15)2/h4-10,17H,3,11H2,1-2H3,(H,19,20). The largest absolute Gasteiger partial charge is 0.322 e. The average molecular weight is 269 g/mol. The highest BCUT2D eigenvalue weighted by Gasteiger charge is 2.09. The number of pyridine rings is 1. The molecule has 0 saturated carbocycles. The van der Waals surface area contributed by atoms with E-state index in [1.165, 1.54) is 5.56 Å². The van der Waals surface area contributed by atoms with Gasteiger partial charge in [0.1, 0.15) is 0 Å². The van der Waals surface area contributed by atoms with Crippen molar-refractivity contribution in [1.82, 2.24) is 10.3 Å². The van der Waals surface area contributed by atoms with Crippen molar-refractivity contribution < 1.29 is 4.79 Å². The number of carbonyl (C=O) groups excluding carboxylic acids is 1. The van der Waals surface area contributed by atoms with Gasteiger partial charge in [-0.05, 0) is 43.3 Å². The molecule has 1 aromatic heterocycles. The third kappa shape index (κ3) is 3.65. The molecule has 20 heavy (non-hydrogen) atoms. The Morgan fingerprint density at radius 3 is 2.60 bits per heavy atom. The van der Waals surface area contributed by atoms with Gasteiger partial charge in [0.25, 0.3) is 5.91 Å². The maximum atomic E-state index is 12.1. The molecule has 0 aliphatic carbocycles. The molecule has 1 aromatic carbocycles. The van der Waals surface area contributed by atoms with Gasteiger partial charge < -0.3 is 10.6 Å². The maximum Gasteiger partial charge on any atom is 0.257 e. The van der Waals surface area contributed by atoms with Crippen LogP contribution in [-0.2, 0) is 6.54 Å². The summed E-state index contributed by atoms with van der Waals surface area (Å²) in [6.07, 6.45) is 1.68. The number of hydrogen-bond donors (Lipinski definition) is 2. The van der Waals surface area contributed by atoms with Crippen molar-refractivity contribution in [2.75, 3.05) is 11.9 Å². The van der Waals surface area contributed by atoms with E-state index in [9.17, 15) is 4.79 Å². The van der Waals surface area contributed by atoms with E-state index in [4.69, 9.17) is 0 Å². The van der Waals surface area contributed by atoms with E-state index in [0.29, 0.717) is 5.56 Å². The van der Waals surface area contributed by atoms with E-state index in [1.54, 1.807) is 18.3 Å². The van der Waals surface area contributed by atoms with Gasteiger partial charge in [-0.25, -0.2) is 0 Å². The summed E-state index contributed by atoms with van der Waals surface area (Å²) in [5.74, 6) is -0.130. The molecule has 1 heterocycles. The highest BCUT2D eigenvalue weighted by atomic mass is 16.1. The first-order chi connectivity index (χ1) is 9.70. The van der Waals surface area contributed by atoms with Crippen LogP contribution in [0.3, 0.4) is 0 Å².